The minimum absolute atomic E-state index is 0.0922. The number of fused-ring (bicyclic) bond motifs is 4. The Hall–Kier alpha value is -15.2. The first-order valence-electron chi connectivity index (χ1n) is 52.8. The van der Waals surface area contributed by atoms with Gasteiger partial charge in [-0.1, -0.05) is 200 Å². The molecule has 4 fully saturated rings. The molecule has 23 rings (SSSR count). The second-order valence-corrected chi connectivity index (χ2v) is 41.2. The zero-order valence-corrected chi connectivity index (χ0v) is 85.6. The molecule has 14 heterocycles. The molecule has 0 spiro atoms. The van der Waals surface area contributed by atoms with Crippen LogP contribution in [0.15, 0.2) is 338 Å². The number of carbonyl (C=O) groups is 1. The Bertz CT molecular complexity index is 7600. The van der Waals surface area contributed by atoms with Crippen LogP contribution in [0.25, 0.3) is 67.6 Å². The van der Waals surface area contributed by atoms with E-state index in [9.17, 15) is 13.2 Å². The van der Waals surface area contributed by atoms with E-state index in [2.05, 4.69) is 204 Å². The Morgan fingerprint density at radius 1 is 0.345 bits per heavy atom. The highest BCUT2D eigenvalue weighted by Gasteiger charge is 2.22. The number of nitrogens with one attached hydrogen (secondary N) is 3. The summed E-state index contributed by atoms with van der Waals surface area (Å²) in [5.74, 6) is 3.16. The molecule has 148 heavy (non-hydrogen) atoms. The van der Waals surface area contributed by atoms with Crippen LogP contribution >= 0.6 is 0 Å². The summed E-state index contributed by atoms with van der Waals surface area (Å²) >= 11 is 0. The standard InChI is InChI=1S/C33H35N5O2S.C31H33N5O.C30H32N6.C28H31N5O/c1-25-9-19-30(20-10-25)41(39,40)36-29-17-15-28(16-18-29)31-7-4-8-33-34-32(35-38(31)33)24-27-13-11-26(12-14-27)6-5-23-37-21-2-3-22-37;1-2-18-35(17-1)19-4-5-24-8-10-25(11-9-24)21-30-33-31-7-3-6-29(36(31)34-30)27-12-14-28(15-13-27)32-22-26-16-20-37-23-26;1-2-19-34(18-1)20-4-6-24-9-11-25(12-10-24)22-29-32-30-8-3-7-28(36(30)33-29)27-15-13-26(14-16-27)23-35-21-5-17-31-35;1-29-28(34)24-15-13-23(14-16-24)25-7-4-8-27-30-26(31-33(25)27)20-22-11-9-21(10-12-22)6-5-19-32-17-2-3-18-32/h4,7-20,36H,2-3,5-6,21-24H2,1H3;3,6-16,20,23,32H,1-2,4-5,17-19,21-22H2;3,5,7-17,21H,1-2,4,6,18-20,22-23H2;4,7-16H,2-3,5-6,17-20H2,1H3,(H,29,34). The number of carbonyl (C=O) groups excluding carboxylic acids is 1. The molecule has 0 bridgehead atoms. The third-order valence-corrected chi connectivity index (χ3v) is 30.0. The number of amides is 1. The van der Waals surface area contributed by atoms with Crippen LogP contribution in [0.2, 0.25) is 0 Å². The van der Waals surface area contributed by atoms with Gasteiger partial charge < -0.3 is 34.7 Å². The summed E-state index contributed by atoms with van der Waals surface area (Å²) < 4.78 is 42.9. The molecule has 26 heteroatoms. The monoisotopic (exact) mass is 1990 g/mol. The molecule has 25 nitrogen and oxygen atoms in total. The highest BCUT2D eigenvalue weighted by molar-refractivity contribution is 7.92. The predicted octanol–water partition coefficient (Wildman–Crippen LogP) is 22.0. The van der Waals surface area contributed by atoms with E-state index in [1.54, 1.807) is 56.0 Å². The van der Waals surface area contributed by atoms with Gasteiger partial charge in [-0.15, -0.1) is 0 Å². The first kappa shape index (κ1) is 100. The van der Waals surface area contributed by atoms with Crippen molar-refractivity contribution < 1.29 is 17.6 Å². The van der Waals surface area contributed by atoms with Gasteiger partial charge >= 0.3 is 0 Å². The fourth-order valence-corrected chi connectivity index (χ4v) is 21.4. The Kier molecular flexibility index (Phi) is 33.1. The minimum Gasteiger partial charge on any atom is -0.472 e. The Labute approximate surface area is 867 Å². The van der Waals surface area contributed by atoms with E-state index in [0.29, 0.717) is 24.1 Å². The van der Waals surface area contributed by atoms with Gasteiger partial charge in [0, 0.05) is 96.4 Å². The number of hydrogen-bond acceptors (Lipinski definition) is 18. The van der Waals surface area contributed by atoms with Crippen LogP contribution in [0.3, 0.4) is 0 Å². The molecule has 9 aromatic carbocycles. The van der Waals surface area contributed by atoms with E-state index >= 15 is 0 Å². The Morgan fingerprint density at radius 2 is 0.669 bits per heavy atom. The maximum atomic E-state index is 12.8. The lowest BCUT2D eigenvalue weighted by molar-refractivity contribution is 0.0963. The van der Waals surface area contributed by atoms with Crippen LogP contribution in [-0.4, -0.2) is 188 Å². The van der Waals surface area contributed by atoms with Gasteiger partial charge in [0.05, 0.1) is 46.7 Å². The van der Waals surface area contributed by atoms with Gasteiger partial charge in [-0.3, -0.25) is 14.2 Å². The van der Waals surface area contributed by atoms with E-state index < -0.39 is 10.0 Å². The van der Waals surface area contributed by atoms with Crippen molar-refractivity contribution in [1.29, 1.82) is 0 Å². The van der Waals surface area contributed by atoms with Crippen molar-refractivity contribution in [2.45, 2.75) is 153 Å². The third-order valence-electron chi connectivity index (χ3n) is 28.6. The number of furan rings is 1. The molecule has 0 atom stereocenters. The quantitative estimate of drug-likeness (QED) is 0.0327. The minimum atomic E-state index is -3.66. The molecule has 0 aliphatic carbocycles. The largest absolute Gasteiger partial charge is 0.472 e. The molecule has 0 radical (unpaired) electrons. The van der Waals surface area contributed by atoms with Gasteiger partial charge in [0.2, 0.25) is 0 Å². The molecule has 0 saturated carbocycles. The molecule has 1 amide bonds. The van der Waals surface area contributed by atoms with Crippen molar-refractivity contribution >= 4 is 49.9 Å². The van der Waals surface area contributed by atoms with Crippen LogP contribution in [-0.2, 0) is 74.5 Å². The predicted molar refractivity (Wildman–Crippen MR) is 589 cm³/mol. The second-order valence-electron chi connectivity index (χ2n) is 39.5. The van der Waals surface area contributed by atoms with Crippen LogP contribution in [0, 0.1) is 6.92 Å². The smallest absolute Gasteiger partial charge is 0.261 e. The highest BCUT2D eigenvalue weighted by atomic mass is 32.2. The number of aromatic nitrogens is 14. The average molecular weight is 1990 g/mol. The lowest BCUT2D eigenvalue weighted by atomic mass is 10.1. The van der Waals surface area contributed by atoms with Crippen LogP contribution in [0.5, 0.6) is 0 Å². The summed E-state index contributed by atoms with van der Waals surface area (Å²) in [7, 11) is -2.02. The molecular formula is C122H131N21O4S. The number of nitrogens with zero attached hydrogens (tertiary/aromatic N) is 18. The number of likely N-dealkylation sites (tertiary alicyclic amines) is 4. The van der Waals surface area contributed by atoms with E-state index in [1.165, 1.54) is 206 Å². The number of hydrogen-bond donors (Lipinski definition) is 3. The molecule has 754 valence electrons. The maximum absolute atomic E-state index is 12.8. The third kappa shape index (κ3) is 26.8. The van der Waals surface area contributed by atoms with Crippen molar-refractivity contribution in [3.63, 3.8) is 0 Å². The molecular weight excluding hydrogens is 1860 g/mol. The van der Waals surface area contributed by atoms with Crippen molar-refractivity contribution in [2.24, 2.45) is 0 Å². The summed E-state index contributed by atoms with van der Waals surface area (Å²) in [6.45, 7) is 18.5. The van der Waals surface area contributed by atoms with Crippen LogP contribution < -0.4 is 15.4 Å². The summed E-state index contributed by atoms with van der Waals surface area (Å²) in [5.41, 5.74) is 27.5. The van der Waals surface area contributed by atoms with Gasteiger partial charge in [0.15, 0.2) is 45.9 Å². The molecule has 4 aliphatic heterocycles. The normalized spacial score (nSPS) is 14.0. The van der Waals surface area contributed by atoms with Gasteiger partial charge in [-0.05, 0) is 347 Å². The highest BCUT2D eigenvalue weighted by Crippen LogP contribution is 2.31. The SMILES string of the molecule is CNC(=O)c1ccc(-c2cccc3nc(Cc4ccc(CCCN5CCCC5)cc4)nn23)cc1.Cc1ccc(S(=O)(=O)Nc2ccc(-c3cccc4nc(Cc5ccc(CCCN6CCCC6)cc5)nn34)cc2)cc1.c1cc(-c2ccc(Cn3cccn3)cc2)n2nc(Cc3ccc(CCCN4CCCC4)cc3)nc2c1.c1cc(-c2ccc(NCc3ccoc3)cc2)n2nc(Cc3ccc(CCCN4CCCC4)cc3)nc2c1. The lowest BCUT2D eigenvalue weighted by Crippen LogP contribution is -2.20. The topological polar surface area (TPSA) is 252 Å². The fourth-order valence-electron chi connectivity index (χ4n) is 20.3. The molecule has 4 saturated heterocycles. The van der Waals surface area contributed by atoms with E-state index in [0.717, 1.165) is 159 Å². The van der Waals surface area contributed by atoms with Crippen LogP contribution in [0.1, 0.15) is 172 Å². The molecule has 19 aromatic rings. The first-order chi connectivity index (χ1) is 72.7. The zero-order valence-electron chi connectivity index (χ0n) is 84.8. The molecule has 4 aliphatic rings. The second kappa shape index (κ2) is 48.9. The summed E-state index contributed by atoms with van der Waals surface area (Å²) in [6.07, 6.45) is 30.4. The first-order valence-corrected chi connectivity index (χ1v) is 54.2. The molecule has 0 unspecified atom stereocenters. The van der Waals surface area contributed by atoms with Crippen molar-refractivity contribution in [1.82, 2.24) is 93.1 Å². The zero-order chi connectivity index (χ0) is 101. The Morgan fingerprint density at radius 3 is 0.993 bits per heavy atom. The average Bonchev–Trinajstić information content (AvgIpc) is 1.66. The summed E-state index contributed by atoms with van der Waals surface area (Å²) in [5, 5.41) is 29.7. The van der Waals surface area contributed by atoms with E-state index in [1.807, 2.05) is 145 Å². The van der Waals surface area contributed by atoms with Gasteiger partial charge in [0.1, 0.15) is 0 Å². The van der Waals surface area contributed by atoms with E-state index in [-0.39, 0.29) is 10.8 Å². The van der Waals surface area contributed by atoms with Gasteiger partial charge in [-0.2, -0.15) is 25.5 Å². The molecule has 10 aromatic heterocycles. The van der Waals surface area contributed by atoms with Crippen molar-refractivity contribution in [3.05, 3.63) is 418 Å². The van der Waals surface area contributed by atoms with Gasteiger partial charge in [-0.25, -0.2) is 46.4 Å². The number of aryl methyl sites for hydroxylation is 5. The van der Waals surface area contributed by atoms with Crippen molar-refractivity contribution in [2.75, 3.05) is 95.6 Å². The number of anilines is 2. The maximum Gasteiger partial charge on any atom is 0.261 e. The number of rotatable bonds is 37. The number of sulfonamides is 1. The fraction of sp³-hybridized carbons (Fsp3) is 0.295. The number of benzene rings is 9. The number of pyridine rings is 4. The van der Waals surface area contributed by atoms with E-state index in [4.69, 9.17) is 44.7 Å². The molecule has 3 N–H and O–H groups in total. The lowest BCUT2D eigenvalue weighted by Gasteiger charge is -2.13. The summed E-state index contributed by atoms with van der Waals surface area (Å²) in [6, 6.07) is 103. The van der Waals surface area contributed by atoms with Crippen LogP contribution in [0.4, 0.5) is 11.4 Å². The summed E-state index contributed by atoms with van der Waals surface area (Å²) in [4.78, 5) is 41.5. The van der Waals surface area contributed by atoms with Crippen molar-refractivity contribution in [3.8, 4) is 45.0 Å². The Balaban J connectivity index is 0.000000120. The van der Waals surface area contributed by atoms with Gasteiger partial charge in [0.25, 0.3) is 15.9 Å².